The van der Waals surface area contributed by atoms with Crippen LogP contribution < -0.4 is 0 Å². The fourth-order valence-electron chi connectivity index (χ4n) is 6.75. The van der Waals surface area contributed by atoms with Crippen molar-refractivity contribution in [2.75, 3.05) is 39.4 Å². The van der Waals surface area contributed by atoms with Crippen LogP contribution in [0.25, 0.3) is 22.2 Å². The minimum atomic E-state index is 0. The summed E-state index contributed by atoms with van der Waals surface area (Å²) in [6.45, 7) is 10.5. The van der Waals surface area contributed by atoms with Crippen molar-refractivity contribution in [3.05, 3.63) is 95.1 Å². The highest BCUT2D eigenvalue weighted by molar-refractivity contribution is 5.93. The van der Waals surface area contributed by atoms with Crippen LogP contribution in [0, 0.1) is 13.8 Å². The van der Waals surface area contributed by atoms with Crippen LogP contribution in [-0.4, -0.2) is 59.7 Å². The number of amides is 1. The van der Waals surface area contributed by atoms with Gasteiger partial charge in [-0.1, -0.05) is 66.7 Å². The van der Waals surface area contributed by atoms with Crippen LogP contribution in [-0.2, 0) is 22.6 Å². The smallest absolute Gasteiger partial charge is 0.242 e. The predicted molar refractivity (Wildman–Crippen MR) is 165 cm³/mol. The molecule has 0 atom stereocenters. The van der Waals surface area contributed by atoms with Crippen LogP contribution in [0.5, 0.6) is 0 Å². The first-order valence-corrected chi connectivity index (χ1v) is 14.4. The maximum absolute atomic E-state index is 13.5. The van der Waals surface area contributed by atoms with Crippen molar-refractivity contribution >= 4 is 29.2 Å². The van der Waals surface area contributed by atoms with E-state index in [1.807, 2.05) is 4.90 Å². The van der Waals surface area contributed by atoms with E-state index in [2.05, 4.69) is 96.1 Å². The highest BCUT2D eigenvalue weighted by atomic mass is 35.5. The summed E-state index contributed by atoms with van der Waals surface area (Å²) in [7, 11) is 0. The van der Waals surface area contributed by atoms with Gasteiger partial charge in [0, 0.05) is 30.5 Å². The Balaban J connectivity index is 0.00000323. The lowest BCUT2D eigenvalue weighted by Gasteiger charge is -2.33. The highest BCUT2D eigenvalue weighted by Gasteiger charge is 2.27. The van der Waals surface area contributed by atoms with E-state index in [1.165, 1.54) is 46.2 Å². The zero-order valence-electron chi connectivity index (χ0n) is 23.6. The number of halogens is 1. The number of aromatic nitrogens is 1. The van der Waals surface area contributed by atoms with Gasteiger partial charge in [-0.05, 0) is 79.6 Å². The monoisotopic (exact) mass is 557 g/mol. The molecule has 2 fully saturated rings. The lowest BCUT2D eigenvalue weighted by molar-refractivity contribution is -0.135. The number of fused-ring (bicyclic) bond motifs is 1. The summed E-state index contributed by atoms with van der Waals surface area (Å²) in [6, 6.07) is 25.9. The molecule has 4 aromatic rings. The van der Waals surface area contributed by atoms with Crippen molar-refractivity contribution in [3.63, 3.8) is 0 Å². The third kappa shape index (κ3) is 5.69. The Morgan fingerprint density at radius 3 is 2.17 bits per heavy atom. The molecule has 0 spiro atoms. The first-order valence-electron chi connectivity index (χ1n) is 14.4. The standard InChI is InChI=1S/C34H39N3O2.ClH/c1-25-9-8-10-26(2)33(25)27-15-17-35(18-16-27)23-30-29-13-6-7-14-31(29)37(34(30)28-11-4-3-5-12-28)24-32(38)36-19-21-39-22-20-36;/h3-14,27H,15-24H2,1-2H3;1H. The molecule has 0 radical (unpaired) electrons. The van der Waals surface area contributed by atoms with E-state index in [0.29, 0.717) is 38.8 Å². The molecule has 210 valence electrons. The average Bonchev–Trinajstić information content (AvgIpc) is 3.27. The van der Waals surface area contributed by atoms with Gasteiger partial charge in [-0.3, -0.25) is 9.69 Å². The van der Waals surface area contributed by atoms with Gasteiger partial charge >= 0.3 is 0 Å². The minimum Gasteiger partial charge on any atom is -0.378 e. The van der Waals surface area contributed by atoms with E-state index in [4.69, 9.17) is 4.74 Å². The third-order valence-electron chi connectivity index (χ3n) is 8.70. The molecule has 1 aromatic heterocycles. The Morgan fingerprint density at radius 1 is 0.825 bits per heavy atom. The summed E-state index contributed by atoms with van der Waals surface area (Å²) in [4.78, 5) is 18.0. The van der Waals surface area contributed by atoms with Crippen molar-refractivity contribution in [1.82, 2.24) is 14.4 Å². The number of para-hydroxylation sites is 1. The topological polar surface area (TPSA) is 37.7 Å². The number of hydrogen-bond acceptors (Lipinski definition) is 3. The molecule has 0 aliphatic carbocycles. The van der Waals surface area contributed by atoms with Gasteiger partial charge in [0.1, 0.15) is 6.54 Å². The summed E-state index contributed by atoms with van der Waals surface area (Å²) in [5.41, 5.74) is 9.22. The van der Waals surface area contributed by atoms with Gasteiger partial charge in [-0.25, -0.2) is 0 Å². The van der Waals surface area contributed by atoms with Gasteiger partial charge in [0.2, 0.25) is 5.91 Å². The second-order valence-corrected chi connectivity index (χ2v) is 11.1. The molecule has 1 amide bonds. The number of rotatable bonds is 6. The van der Waals surface area contributed by atoms with Crippen molar-refractivity contribution < 1.29 is 9.53 Å². The molecule has 2 saturated heterocycles. The number of piperidine rings is 1. The lowest BCUT2D eigenvalue weighted by atomic mass is 9.84. The van der Waals surface area contributed by atoms with Crippen molar-refractivity contribution in [2.45, 2.75) is 45.7 Å². The normalized spacial score (nSPS) is 16.7. The molecule has 3 heterocycles. The van der Waals surface area contributed by atoms with Crippen LogP contribution in [0.3, 0.4) is 0 Å². The number of carbonyl (C=O) groups is 1. The van der Waals surface area contributed by atoms with Crippen molar-refractivity contribution in [3.8, 4) is 11.3 Å². The lowest BCUT2D eigenvalue weighted by Crippen LogP contribution is -2.42. The number of morpholine rings is 1. The summed E-state index contributed by atoms with van der Waals surface area (Å²) in [6.07, 6.45) is 2.36. The van der Waals surface area contributed by atoms with E-state index in [1.54, 1.807) is 5.56 Å². The second kappa shape index (κ2) is 12.6. The van der Waals surface area contributed by atoms with Crippen LogP contribution in [0.1, 0.15) is 41.0 Å². The van der Waals surface area contributed by atoms with Gasteiger partial charge in [-0.2, -0.15) is 0 Å². The Labute approximate surface area is 244 Å². The SMILES string of the molecule is Cc1cccc(C)c1C1CCN(Cc2c(-c3ccccc3)n(CC(=O)N3CCOCC3)c3ccccc23)CC1.Cl. The van der Waals surface area contributed by atoms with Gasteiger partial charge in [0.25, 0.3) is 0 Å². The van der Waals surface area contributed by atoms with Gasteiger partial charge < -0.3 is 14.2 Å². The summed E-state index contributed by atoms with van der Waals surface area (Å²) < 4.78 is 7.76. The van der Waals surface area contributed by atoms with E-state index in [9.17, 15) is 4.79 Å². The van der Waals surface area contributed by atoms with Crippen LogP contribution in [0.2, 0.25) is 0 Å². The van der Waals surface area contributed by atoms with Crippen LogP contribution in [0.4, 0.5) is 0 Å². The van der Waals surface area contributed by atoms with Crippen LogP contribution >= 0.6 is 12.4 Å². The quantitative estimate of drug-likeness (QED) is 0.268. The number of carbonyl (C=O) groups excluding carboxylic acids is 1. The van der Waals surface area contributed by atoms with E-state index < -0.39 is 0 Å². The van der Waals surface area contributed by atoms with Gasteiger partial charge in [-0.15, -0.1) is 12.4 Å². The molecule has 6 heteroatoms. The average molecular weight is 558 g/mol. The van der Waals surface area contributed by atoms with Crippen molar-refractivity contribution in [1.29, 1.82) is 0 Å². The predicted octanol–water partition coefficient (Wildman–Crippen LogP) is 6.59. The van der Waals surface area contributed by atoms with E-state index >= 15 is 0 Å². The molecule has 40 heavy (non-hydrogen) atoms. The maximum atomic E-state index is 13.5. The zero-order chi connectivity index (χ0) is 26.8. The number of nitrogens with zero attached hydrogens (tertiary/aromatic N) is 3. The number of ether oxygens (including phenoxy) is 1. The Hall–Kier alpha value is -3.12. The first kappa shape index (κ1) is 28.4. The minimum absolute atomic E-state index is 0. The van der Waals surface area contributed by atoms with Crippen LogP contribution in [0.15, 0.2) is 72.8 Å². The Morgan fingerprint density at radius 2 is 1.48 bits per heavy atom. The Bertz CT molecular complexity index is 1430. The summed E-state index contributed by atoms with van der Waals surface area (Å²) >= 11 is 0. The molecule has 5 nitrogen and oxygen atoms in total. The molecule has 2 aliphatic rings. The number of likely N-dealkylation sites (tertiary alicyclic amines) is 1. The summed E-state index contributed by atoms with van der Waals surface area (Å²) in [5, 5.41) is 1.25. The largest absolute Gasteiger partial charge is 0.378 e. The fraction of sp³-hybridized carbons (Fsp3) is 0.382. The zero-order valence-corrected chi connectivity index (χ0v) is 24.5. The van der Waals surface area contributed by atoms with E-state index in [-0.39, 0.29) is 18.3 Å². The van der Waals surface area contributed by atoms with Gasteiger partial charge in [0.15, 0.2) is 0 Å². The molecule has 0 saturated carbocycles. The van der Waals surface area contributed by atoms with Crippen molar-refractivity contribution in [2.24, 2.45) is 0 Å². The number of benzene rings is 3. The Kier molecular flexibility index (Phi) is 8.94. The molecular formula is C34H40ClN3O2. The molecule has 0 N–H and O–H groups in total. The third-order valence-corrected chi connectivity index (χ3v) is 8.70. The number of aryl methyl sites for hydroxylation is 2. The summed E-state index contributed by atoms with van der Waals surface area (Å²) in [5.74, 6) is 0.792. The molecule has 2 aliphatic heterocycles. The highest BCUT2D eigenvalue weighted by Crippen LogP contribution is 2.37. The number of hydrogen-bond donors (Lipinski definition) is 0. The fourth-order valence-corrected chi connectivity index (χ4v) is 6.75. The molecule has 6 rings (SSSR count). The molecule has 0 unspecified atom stereocenters. The molecule has 3 aromatic carbocycles. The second-order valence-electron chi connectivity index (χ2n) is 11.1. The van der Waals surface area contributed by atoms with E-state index in [0.717, 1.165) is 25.2 Å². The molecule has 0 bridgehead atoms. The molecular weight excluding hydrogens is 518 g/mol. The van der Waals surface area contributed by atoms with Gasteiger partial charge in [0.05, 0.1) is 18.9 Å². The first-order chi connectivity index (χ1) is 19.1. The maximum Gasteiger partial charge on any atom is 0.242 e.